The Morgan fingerprint density at radius 2 is 2.05 bits per heavy atom. The Morgan fingerprint density at radius 3 is 2.75 bits per heavy atom. The lowest BCUT2D eigenvalue weighted by Crippen LogP contribution is -2.37. The van der Waals surface area contributed by atoms with Gasteiger partial charge in [-0.05, 0) is 31.6 Å². The lowest BCUT2D eigenvalue weighted by Gasteiger charge is -2.28. The first-order chi connectivity index (χ1) is 9.35. The van der Waals surface area contributed by atoms with Crippen molar-refractivity contribution in [3.05, 3.63) is 35.2 Å². The summed E-state index contributed by atoms with van der Waals surface area (Å²) in [5.74, 6) is 0. The van der Waals surface area contributed by atoms with Gasteiger partial charge in [-0.3, -0.25) is 0 Å². The third-order valence-electron chi connectivity index (χ3n) is 3.12. The molecule has 20 heavy (non-hydrogen) atoms. The van der Waals surface area contributed by atoms with Gasteiger partial charge in [0.25, 0.3) is 0 Å². The third-order valence-corrected chi connectivity index (χ3v) is 3.34. The van der Waals surface area contributed by atoms with Gasteiger partial charge < -0.3 is 14.6 Å². The van der Waals surface area contributed by atoms with Crippen LogP contribution in [0.3, 0.4) is 0 Å². The number of pyridine rings is 1. The first kappa shape index (κ1) is 15.3. The molecule has 0 bridgehead atoms. The van der Waals surface area contributed by atoms with Gasteiger partial charge in [0.2, 0.25) is 0 Å². The van der Waals surface area contributed by atoms with Crippen molar-refractivity contribution in [2.24, 2.45) is 5.41 Å². The molecule has 0 aliphatic rings. The van der Waals surface area contributed by atoms with E-state index in [1.807, 2.05) is 28.9 Å². The predicted molar refractivity (Wildman–Crippen MR) is 84.2 cm³/mol. The summed E-state index contributed by atoms with van der Waals surface area (Å²) in [5, 5.41) is 4.21. The molecule has 0 unspecified atom stereocenters. The predicted octanol–water partition coefficient (Wildman–Crippen LogP) is 2.67. The summed E-state index contributed by atoms with van der Waals surface area (Å²) in [6.07, 6.45) is 3.90. The monoisotopic (exact) mass is 294 g/mol. The van der Waals surface area contributed by atoms with Crippen LogP contribution in [-0.4, -0.2) is 41.5 Å². The third kappa shape index (κ3) is 4.20. The lowest BCUT2D eigenvalue weighted by molar-refractivity contribution is 0.232. The van der Waals surface area contributed by atoms with Crippen molar-refractivity contribution in [3.63, 3.8) is 0 Å². The number of rotatable bonds is 6. The highest BCUT2D eigenvalue weighted by molar-refractivity contribution is 6.30. The molecule has 0 radical (unpaired) electrons. The SMILES string of the molecule is CN(C)CC(C)(C)CNCc1cn2cc(Cl)ccc2n1. The van der Waals surface area contributed by atoms with Crippen LogP contribution in [0.1, 0.15) is 19.5 Å². The van der Waals surface area contributed by atoms with Crippen LogP contribution >= 0.6 is 11.6 Å². The van der Waals surface area contributed by atoms with E-state index in [-0.39, 0.29) is 5.41 Å². The van der Waals surface area contributed by atoms with Gasteiger partial charge in [-0.25, -0.2) is 4.98 Å². The molecule has 0 saturated carbocycles. The van der Waals surface area contributed by atoms with E-state index in [4.69, 9.17) is 11.6 Å². The van der Waals surface area contributed by atoms with Crippen molar-refractivity contribution in [1.29, 1.82) is 0 Å². The number of nitrogens with one attached hydrogen (secondary N) is 1. The number of fused-ring (bicyclic) bond motifs is 1. The molecule has 0 fully saturated rings. The molecule has 0 atom stereocenters. The second-order valence-corrected chi connectivity index (χ2v) is 6.79. The van der Waals surface area contributed by atoms with Crippen LogP contribution in [0.25, 0.3) is 5.65 Å². The number of hydrogen-bond donors (Lipinski definition) is 1. The number of nitrogens with zero attached hydrogens (tertiary/aromatic N) is 3. The number of halogens is 1. The van der Waals surface area contributed by atoms with Crippen molar-refractivity contribution in [2.75, 3.05) is 27.2 Å². The average Bonchev–Trinajstić information content (AvgIpc) is 2.68. The minimum absolute atomic E-state index is 0.242. The average molecular weight is 295 g/mol. The molecule has 0 saturated heterocycles. The molecule has 5 heteroatoms. The second kappa shape index (κ2) is 6.12. The van der Waals surface area contributed by atoms with Gasteiger partial charge in [-0.15, -0.1) is 0 Å². The fourth-order valence-corrected chi connectivity index (χ4v) is 2.71. The molecular formula is C15H23ClN4. The smallest absolute Gasteiger partial charge is 0.137 e. The van der Waals surface area contributed by atoms with Crippen LogP contribution in [0.5, 0.6) is 0 Å². The van der Waals surface area contributed by atoms with Gasteiger partial charge in [0.1, 0.15) is 5.65 Å². The Labute approximate surface area is 125 Å². The standard InChI is InChI=1S/C15H23ClN4/c1-15(2,11-19(3)4)10-17-7-13-9-20-8-12(16)5-6-14(20)18-13/h5-6,8-9,17H,7,10-11H2,1-4H3. The van der Waals surface area contributed by atoms with Gasteiger partial charge in [-0.1, -0.05) is 25.4 Å². The zero-order valence-electron chi connectivity index (χ0n) is 12.7. The van der Waals surface area contributed by atoms with Crippen molar-refractivity contribution in [3.8, 4) is 0 Å². The molecule has 2 aromatic heterocycles. The van der Waals surface area contributed by atoms with E-state index in [0.717, 1.165) is 36.0 Å². The summed E-state index contributed by atoms with van der Waals surface area (Å²) >= 11 is 5.97. The van der Waals surface area contributed by atoms with E-state index in [1.54, 1.807) is 0 Å². The minimum Gasteiger partial charge on any atom is -0.311 e. The first-order valence-electron chi connectivity index (χ1n) is 6.84. The maximum Gasteiger partial charge on any atom is 0.137 e. The molecule has 110 valence electrons. The first-order valence-corrected chi connectivity index (χ1v) is 7.22. The molecule has 1 N–H and O–H groups in total. The summed E-state index contributed by atoms with van der Waals surface area (Å²) < 4.78 is 1.96. The lowest BCUT2D eigenvalue weighted by atomic mass is 9.93. The van der Waals surface area contributed by atoms with E-state index in [9.17, 15) is 0 Å². The maximum absolute atomic E-state index is 5.97. The van der Waals surface area contributed by atoms with Gasteiger partial charge in [0, 0.05) is 32.0 Å². The molecule has 0 aliphatic carbocycles. The zero-order valence-corrected chi connectivity index (χ0v) is 13.4. The van der Waals surface area contributed by atoms with E-state index in [1.165, 1.54) is 0 Å². The van der Waals surface area contributed by atoms with Crippen molar-refractivity contribution < 1.29 is 0 Å². The molecule has 2 rings (SSSR count). The number of hydrogen-bond acceptors (Lipinski definition) is 3. The fraction of sp³-hybridized carbons (Fsp3) is 0.533. The summed E-state index contributed by atoms with van der Waals surface area (Å²) in [4.78, 5) is 6.78. The van der Waals surface area contributed by atoms with Crippen molar-refractivity contribution in [1.82, 2.24) is 19.6 Å². The van der Waals surface area contributed by atoms with Crippen molar-refractivity contribution >= 4 is 17.2 Å². The molecule has 0 aliphatic heterocycles. The quantitative estimate of drug-likeness (QED) is 0.889. The second-order valence-electron chi connectivity index (χ2n) is 6.35. The summed E-state index contributed by atoms with van der Waals surface area (Å²) in [7, 11) is 4.21. The molecule has 4 nitrogen and oxygen atoms in total. The van der Waals surface area contributed by atoms with Crippen LogP contribution in [0.4, 0.5) is 0 Å². The molecule has 0 amide bonds. The normalized spacial score (nSPS) is 12.5. The van der Waals surface area contributed by atoms with E-state index < -0.39 is 0 Å². The largest absolute Gasteiger partial charge is 0.311 e. The Bertz CT molecular complexity index is 574. The van der Waals surface area contributed by atoms with Gasteiger partial charge in [0.15, 0.2) is 0 Å². The Morgan fingerprint density at radius 1 is 1.30 bits per heavy atom. The molecule has 0 aromatic carbocycles. The highest BCUT2D eigenvalue weighted by Gasteiger charge is 2.18. The van der Waals surface area contributed by atoms with Crippen LogP contribution in [0, 0.1) is 5.41 Å². The van der Waals surface area contributed by atoms with E-state index in [2.05, 4.69) is 43.1 Å². The molecule has 0 spiro atoms. The van der Waals surface area contributed by atoms with E-state index >= 15 is 0 Å². The molecular weight excluding hydrogens is 272 g/mol. The van der Waals surface area contributed by atoms with Gasteiger partial charge in [0.05, 0.1) is 10.7 Å². The highest BCUT2D eigenvalue weighted by atomic mass is 35.5. The summed E-state index contributed by atoms with van der Waals surface area (Å²) in [5.41, 5.74) is 2.21. The number of aromatic nitrogens is 2. The van der Waals surface area contributed by atoms with Crippen LogP contribution in [0.2, 0.25) is 5.02 Å². The Kier molecular flexibility index (Phi) is 4.68. The van der Waals surface area contributed by atoms with Crippen molar-refractivity contribution in [2.45, 2.75) is 20.4 Å². The Hall–Kier alpha value is -1.10. The van der Waals surface area contributed by atoms with E-state index in [0.29, 0.717) is 0 Å². The van der Waals surface area contributed by atoms with Gasteiger partial charge >= 0.3 is 0 Å². The number of imidazole rings is 1. The fourth-order valence-electron chi connectivity index (χ4n) is 2.54. The maximum atomic E-state index is 5.97. The molecule has 2 aromatic rings. The zero-order chi connectivity index (χ0) is 14.8. The van der Waals surface area contributed by atoms with Gasteiger partial charge in [-0.2, -0.15) is 0 Å². The summed E-state index contributed by atoms with van der Waals surface area (Å²) in [6, 6.07) is 3.79. The van der Waals surface area contributed by atoms with Crippen LogP contribution < -0.4 is 5.32 Å². The highest BCUT2D eigenvalue weighted by Crippen LogP contribution is 2.15. The van der Waals surface area contributed by atoms with Crippen LogP contribution in [0.15, 0.2) is 24.5 Å². The minimum atomic E-state index is 0.242. The molecule has 2 heterocycles. The summed E-state index contributed by atoms with van der Waals surface area (Å²) in [6.45, 7) is 7.32. The topological polar surface area (TPSA) is 32.6 Å². The van der Waals surface area contributed by atoms with Crippen LogP contribution in [-0.2, 0) is 6.54 Å². The Balaban J connectivity index is 1.93.